The number of carbonyl (C=O) groups is 1. The van der Waals surface area contributed by atoms with E-state index in [1.54, 1.807) is 6.08 Å². The van der Waals surface area contributed by atoms with Crippen LogP contribution >= 0.6 is 15.9 Å². The first kappa shape index (κ1) is 5.50. The van der Waals surface area contributed by atoms with Crippen LogP contribution in [0.1, 0.15) is 0 Å². The normalized spacial score (nSPS) is 16.6. The molecule has 0 aromatic rings. The van der Waals surface area contributed by atoms with Crippen molar-refractivity contribution < 1.29 is 4.79 Å². The third kappa shape index (κ3) is 0.949. The van der Waals surface area contributed by atoms with Gasteiger partial charge in [0.25, 0.3) is 0 Å². The minimum atomic E-state index is 0.358. The van der Waals surface area contributed by atoms with E-state index in [1.165, 1.54) is 0 Å². The van der Waals surface area contributed by atoms with Crippen LogP contribution in [-0.4, -0.2) is 12.0 Å². The lowest BCUT2D eigenvalue weighted by Crippen LogP contribution is -1.89. The molecule has 0 spiro atoms. The summed E-state index contributed by atoms with van der Waals surface area (Å²) >= 11 is 3.04. The molecule has 8 heavy (non-hydrogen) atoms. The van der Waals surface area contributed by atoms with Gasteiger partial charge in [-0.2, -0.15) is 0 Å². The lowest BCUT2D eigenvalue weighted by molar-refractivity contribution is -0.102. The largest absolute Gasteiger partial charge is 0.296 e. The van der Waals surface area contributed by atoms with E-state index in [0.29, 0.717) is 16.6 Å². The molecule has 0 saturated carbocycles. The van der Waals surface area contributed by atoms with Crippen molar-refractivity contribution in [3.8, 4) is 0 Å². The van der Waals surface area contributed by atoms with Gasteiger partial charge in [0.2, 0.25) is 0 Å². The zero-order valence-electron chi connectivity index (χ0n) is 3.84. The SMILES string of the molecule is O=CC1=N[N]C(Br)=C1. The topological polar surface area (TPSA) is 43.5 Å². The molecule has 0 bridgehead atoms. The van der Waals surface area contributed by atoms with Gasteiger partial charge in [-0.05, 0) is 15.9 Å². The van der Waals surface area contributed by atoms with Gasteiger partial charge in [0.05, 0.1) is 0 Å². The van der Waals surface area contributed by atoms with Crippen molar-refractivity contribution in [2.24, 2.45) is 5.10 Å². The third-order valence-corrected chi connectivity index (χ3v) is 1.04. The number of rotatable bonds is 1. The van der Waals surface area contributed by atoms with Crippen molar-refractivity contribution >= 4 is 27.9 Å². The quantitative estimate of drug-likeness (QED) is 0.419. The van der Waals surface area contributed by atoms with Gasteiger partial charge in [-0.25, -0.2) is 0 Å². The second kappa shape index (κ2) is 2.09. The molecular formula is C4H2BrN2O. The molecule has 0 aromatic carbocycles. The Bertz CT molecular complexity index is 173. The Labute approximate surface area is 54.6 Å². The summed E-state index contributed by atoms with van der Waals surface area (Å²) < 4.78 is 0.597. The van der Waals surface area contributed by atoms with Crippen LogP contribution in [0.15, 0.2) is 15.8 Å². The van der Waals surface area contributed by atoms with E-state index in [4.69, 9.17) is 0 Å². The Balaban J connectivity index is 2.72. The first-order valence-electron chi connectivity index (χ1n) is 1.94. The van der Waals surface area contributed by atoms with Crippen LogP contribution in [0.3, 0.4) is 0 Å². The molecule has 0 aliphatic carbocycles. The van der Waals surface area contributed by atoms with Crippen LogP contribution in [-0.2, 0) is 4.79 Å². The average Bonchev–Trinajstić information content (AvgIpc) is 2.14. The lowest BCUT2D eigenvalue weighted by atomic mass is 10.4. The molecule has 0 amide bonds. The van der Waals surface area contributed by atoms with E-state index < -0.39 is 0 Å². The summed E-state index contributed by atoms with van der Waals surface area (Å²) in [5.74, 6) is 0. The highest BCUT2D eigenvalue weighted by Gasteiger charge is 2.03. The molecule has 0 aromatic heterocycles. The summed E-state index contributed by atoms with van der Waals surface area (Å²) in [5.41, 5.74) is 3.88. The number of hydrogen-bond acceptors (Lipinski definition) is 2. The Morgan fingerprint density at radius 1 is 1.75 bits per heavy atom. The van der Waals surface area contributed by atoms with Gasteiger partial charge < -0.3 is 0 Å². The highest BCUT2D eigenvalue weighted by Crippen LogP contribution is 2.06. The number of allylic oxidation sites excluding steroid dienone is 1. The second-order valence-corrected chi connectivity index (χ2v) is 2.02. The summed E-state index contributed by atoms with van der Waals surface area (Å²) in [4.78, 5) is 9.90. The Kier molecular flexibility index (Phi) is 1.43. The van der Waals surface area contributed by atoms with E-state index in [1.807, 2.05) is 0 Å². The lowest BCUT2D eigenvalue weighted by Gasteiger charge is -1.75. The van der Waals surface area contributed by atoms with Crippen molar-refractivity contribution in [3.05, 3.63) is 10.7 Å². The van der Waals surface area contributed by atoms with Crippen LogP contribution in [0.2, 0.25) is 0 Å². The average molecular weight is 174 g/mol. The third-order valence-electron chi connectivity index (χ3n) is 0.649. The maximum Gasteiger partial charge on any atom is 0.170 e. The van der Waals surface area contributed by atoms with Crippen LogP contribution in [0.25, 0.3) is 0 Å². The predicted octanol–water partition coefficient (Wildman–Crippen LogP) is 0.396. The number of hydrogen-bond donors (Lipinski definition) is 0. The van der Waals surface area contributed by atoms with Gasteiger partial charge >= 0.3 is 0 Å². The van der Waals surface area contributed by atoms with Crippen molar-refractivity contribution in [1.82, 2.24) is 5.43 Å². The minimum absolute atomic E-state index is 0.358. The van der Waals surface area contributed by atoms with E-state index in [-0.39, 0.29) is 0 Å². The molecular weight excluding hydrogens is 172 g/mol. The van der Waals surface area contributed by atoms with Crippen LogP contribution in [0.5, 0.6) is 0 Å². The number of nitrogens with zero attached hydrogens (tertiary/aromatic N) is 2. The maximum absolute atomic E-state index is 9.90. The molecule has 1 aliphatic rings. The Morgan fingerprint density at radius 2 is 2.50 bits per heavy atom. The molecule has 0 N–H and O–H groups in total. The maximum atomic E-state index is 9.90. The summed E-state index contributed by atoms with van der Waals surface area (Å²) in [6, 6.07) is 0. The molecule has 41 valence electrons. The molecule has 1 aliphatic heterocycles. The van der Waals surface area contributed by atoms with E-state index in [9.17, 15) is 4.79 Å². The molecule has 0 unspecified atom stereocenters. The van der Waals surface area contributed by atoms with Crippen LogP contribution in [0, 0.1) is 0 Å². The van der Waals surface area contributed by atoms with Crippen LogP contribution in [0.4, 0.5) is 0 Å². The highest BCUT2D eigenvalue weighted by molar-refractivity contribution is 9.11. The highest BCUT2D eigenvalue weighted by atomic mass is 79.9. The standard InChI is InChI=1S/C4H2BrN2O/c5-4-1-3(2-8)6-7-4/h1-2H. The number of aldehydes is 1. The zero-order chi connectivity index (χ0) is 5.98. The van der Waals surface area contributed by atoms with E-state index >= 15 is 0 Å². The van der Waals surface area contributed by atoms with Gasteiger partial charge in [0, 0.05) is 6.08 Å². The first-order chi connectivity index (χ1) is 3.83. The molecule has 0 atom stereocenters. The summed E-state index contributed by atoms with van der Waals surface area (Å²) in [7, 11) is 0. The summed E-state index contributed by atoms with van der Waals surface area (Å²) in [6.07, 6.45) is 2.20. The summed E-state index contributed by atoms with van der Waals surface area (Å²) in [6.45, 7) is 0. The molecule has 1 heterocycles. The fourth-order valence-electron chi connectivity index (χ4n) is 0.343. The fourth-order valence-corrected chi connectivity index (χ4v) is 0.657. The molecule has 1 rings (SSSR count). The molecule has 0 saturated heterocycles. The van der Waals surface area contributed by atoms with Gasteiger partial charge in [-0.1, -0.05) is 0 Å². The van der Waals surface area contributed by atoms with Crippen LogP contribution < -0.4 is 5.43 Å². The number of halogens is 1. The fraction of sp³-hybridized carbons (Fsp3) is 0. The predicted molar refractivity (Wildman–Crippen MR) is 32.6 cm³/mol. The van der Waals surface area contributed by atoms with Gasteiger partial charge in [0.1, 0.15) is 10.3 Å². The monoisotopic (exact) mass is 173 g/mol. The van der Waals surface area contributed by atoms with Gasteiger partial charge in [-0.3, -0.25) is 4.79 Å². The zero-order valence-corrected chi connectivity index (χ0v) is 5.42. The van der Waals surface area contributed by atoms with Crippen molar-refractivity contribution in [2.75, 3.05) is 0 Å². The van der Waals surface area contributed by atoms with E-state index in [2.05, 4.69) is 26.5 Å². The van der Waals surface area contributed by atoms with E-state index in [0.717, 1.165) is 0 Å². The Hall–Kier alpha value is -0.640. The smallest absolute Gasteiger partial charge is 0.170 e. The number of carbonyl (C=O) groups excluding carboxylic acids is 1. The molecule has 1 radical (unpaired) electrons. The second-order valence-electron chi connectivity index (χ2n) is 1.21. The van der Waals surface area contributed by atoms with Gasteiger partial charge in [0.15, 0.2) is 6.29 Å². The van der Waals surface area contributed by atoms with Gasteiger partial charge in [-0.15, -0.1) is 10.5 Å². The molecule has 0 fully saturated rings. The molecule has 3 nitrogen and oxygen atoms in total. The Morgan fingerprint density at radius 3 is 2.75 bits per heavy atom. The first-order valence-corrected chi connectivity index (χ1v) is 2.73. The summed E-state index contributed by atoms with van der Waals surface area (Å²) in [5, 5.41) is 3.47. The van der Waals surface area contributed by atoms with Crippen molar-refractivity contribution in [1.29, 1.82) is 0 Å². The minimum Gasteiger partial charge on any atom is -0.296 e. The van der Waals surface area contributed by atoms with Crippen molar-refractivity contribution in [2.45, 2.75) is 0 Å². The van der Waals surface area contributed by atoms with Crippen molar-refractivity contribution in [3.63, 3.8) is 0 Å². The molecule has 4 heteroatoms.